The molecule has 1 rings (SSSR count). The first-order valence-electron chi connectivity index (χ1n) is 5.54. The van der Waals surface area contributed by atoms with E-state index in [0.29, 0.717) is 12.1 Å². The topological polar surface area (TPSA) is 21.3 Å². The highest BCUT2D eigenvalue weighted by molar-refractivity contribution is 5.18. The average Bonchev–Trinajstić information content (AvgIpc) is 2.25. The van der Waals surface area contributed by atoms with E-state index in [1.54, 1.807) is 7.11 Å². The summed E-state index contributed by atoms with van der Waals surface area (Å²) in [7, 11) is 1.75. The molecule has 0 saturated carbocycles. The number of nitrogens with one attached hydrogen (secondary N) is 1. The fraction of sp³-hybridized carbons (Fsp3) is 0.538. The van der Waals surface area contributed by atoms with E-state index in [0.717, 1.165) is 13.0 Å². The van der Waals surface area contributed by atoms with E-state index in [9.17, 15) is 0 Å². The van der Waals surface area contributed by atoms with Crippen molar-refractivity contribution in [3.8, 4) is 0 Å². The SMILES string of the molecule is COCC[C@H](NC(C)C)c1ccccc1. The maximum Gasteiger partial charge on any atom is 0.0480 e. The molecule has 1 N–H and O–H groups in total. The number of methoxy groups -OCH3 is 1. The third-order valence-corrected chi connectivity index (χ3v) is 2.35. The Morgan fingerprint density at radius 3 is 2.40 bits per heavy atom. The molecule has 0 bridgehead atoms. The Hall–Kier alpha value is -0.860. The van der Waals surface area contributed by atoms with Crippen LogP contribution >= 0.6 is 0 Å². The van der Waals surface area contributed by atoms with Crippen LogP contribution in [0.5, 0.6) is 0 Å². The lowest BCUT2D eigenvalue weighted by Crippen LogP contribution is -2.28. The lowest BCUT2D eigenvalue weighted by molar-refractivity contribution is 0.181. The first kappa shape index (κ1) is 12.2. The molecular weight excluding hydrogens is 186 g/mol. The number of ether oxygens (including phenoxy) is 1. The predicted octanol–water partition coefficient (Wildman–Crippen LogP) is 2.76. The van der Waals surface area contributed by atoms with Crippen LogP contribution in [0.2, 0.25) is 0 Å². The van der Waals surface area contributed by atoms with E-state index in [2.05, 4.69) is 43.4 Å². The van der Waals surface area contributed by atoms with E-state index in [1.807, 2.05) is 6.07 Å². The van der Waals surface area contributed by atoms with Gasteiger partial charge in [-0.25, -0.2) is 0 Å². The van der Waals surface area contributed by atoms with Crippen molar-refractivity contribution in [2.24, 2.45) is 0 Å². The molecule has 0 aliphatic rings. The van der Waals surface area contributed by atoms with Gasteiger partial charge >= 0.3 is 0 Å². The van der Waals surface area contributed by atoms with Crippen LogP contribution in [0.3, 0.4) is 0 Å². The number of rotatable bonds is 6. The zero-order chi connectivity index (χ0) is 11.1. The molecular formula is C13H21NO. The Labute approximate surface area is 92.6 Å². The summed E-state index contributed by atoms with van der Waals surface area (Å²) in [6.45, 7) is 5.13. The van der Waals surface area contributed by atoms with Gasteiger partial charge in [0.25, 0.3) is 0 Å². The van der Waals surface area contributed by atoms with Crippen molar-refractivity contribution < 1.29 is 4.74 Å². The second kappa shape index (κ2) is 6.59. The van der Waals surface area contributed by atoms with Gasteiger partial charge in [-0.1, -0.05) is 44.2 Å². The van der Waals surface area contributed by atoms with Gasteiger partial charge < -0.3 is 10.1 Å². The minimum absolute atomic E-state index is 0.395. The Bertz CT molecular complexity index is 258. The maximum absolute atomic E-state index is 5.14. The van der Waals surface area contributed by atoms with Gasteiger partial charge in [-0.05, 0) is 12.0 Å². The molecule has 0 unspecified atom stereocenters. The van der Waals surface area contributed by atoms with Gasteiger partial charge in [-0.15, -0.1) is 0 Å². The van der Waals surface area contributed by atoms with Crippen LogP contribution in [0.25, 0.3) is 0 Å². The molecule has 2 nitrogen and oxygen atoms in total. The highest BCUT2D eigenvalue weighted by atomic mass is 16.5. The molecule has 0 saturated heterocycles. The molecule has 1 aromatic rings. The van der Waals surface area contributed by atoms with Crippen LogP contribution < -0.4 is 5.32 Å². The maximum atomic E-state index is 5.14. The van der Waals surface area contributed by atoms with Gasteiger partial charge in [-0.2, -0.15) is 0 Å². The summed E-state index contributed by atoms with van der Waals surface area (Å²) in [6, 6.07) is 11.4. The van der Waals surface area contributed by atoms with Crippen LogP contribution in [0, 0.1) is 0 Å². The summed E-state index contributed by atoms with van der Waals surface area (Å²) in [6.07, 6.45) is 1.01. The van der Waals surface area contributed by atoms with Crippen molar-refractivity contribution in [3.63, 3.8) is 0 Å². The first-order chi connectivity index (χ1) is 7.24. The normalized spacial score (nSPS) is 13.1. The van der Waals surface area contributed by atoms with Gasteiger partial charge in [0, 0.05) is 25.8 Å². The zero-order valence-corrected chi connectivity index (χ0v) is 9.86. The van der Waals surface area contributed by atoms with Crippen molar-refractivity contribution in [2.75, 3.05) is 13.7 Å². The molecule has 84 valence electrons. The molecule has 0 heterocycles. The van der Waals surface area contributed by atoms with Crippen LogP contribution in [-0.4, -0.2) is 19.8 Å². The second-order valence-electron chi connectivity index (χ2n) is 4.07. The van der Waals surface area contributed by atoms with Crippen molar-refractivity contribution in [3.05, 3.63) is 35.9 Å². The van der Waals surface area contributed by atoms with E-state index in [1.165, 1.54) is 5.56 Å². The Balaban J connectivity index is 2.63. The van der Waals surface area contributed by atoms with Crippen molar-refractivity contribution in [2.45, 2.75) is 32.4 Å². The van der Waals surface area contributed by atoms with Gasteiger partial charge in [0.05, 0.1) is 0 Å². The Morgan fingerprint density at radius 1 is 1.20 bits per heavy atom. The zero-order valence-electron chi connectivity index (χ0n) is 9.86. The molecule has 0 radical (unpaired) electrons. The average molecular weight is 207 g/mol. The van der Waals surface area contributed by atoms with E-state index < -0.39 is 0 Å². The third kappa shape index (κ3) is 4.45. The third-order valence-electron chi connectivity index (χ3n) is 2.35. The molecule has 0 fully saturated rings. The first-order valence-corrected chi connectivity index (χ1v) is 5.54. The van der Waals surface area contributed by atoms with Crippen LogP contribution in [0.1, 0.15) is 31.9 Å². The van der Waals surface area contributed by atoms with Crippen LogP contribution in [0.4, 0.5) is 0 Å². The summed E-state index contributed by atoms with van der Waals surface area (Å²) >= 11 is 0. The molecule has 0 amide bonds. The lowest BCUT2D eigenvalue weighted by atomic mass is 10.0. The summed E-state index contributed by atoms with van der Waals surface area (Å²) in [4.78, 5) is 0. The van der Waals surface area contributed by atoms with Crippen molar-refractivity contribution >= 4 is 0 Å². The largest absolute Gasteiger partial charge is 0.385 e. The smallest absolute Gasteiger partial charge is 0.0480 e. The summed E-state index contributed by atoms with van der Waals surface area (Å²) in [5, 5.41) is 3.55. The molecule has 0 spiro atoms. The monoisotopic (exact) mass is 207 g/mol. The minimum Gasteiger partial charge on any atom is -0.385 e. The molecule has 15 heavy (non-hydrogen) atoms. The Morgan fingerprint density at radius 2 is 1.87 bits per heavy atom. The fourth-order valence-corrected chi connectivity index (χ4v) is 1.67. The Kier molecular flexibility index (Phi) is 5.37. The fourth-order valence-electron chi connectivity index (χ4n) is 1.67. The second-order valence-corrected chi connectivity index (χ2v) is 4.07. The minimum atomic E-state index is 0.395. The van der Waals surface area contributed by atoms with Gasteiger partial charge in [0.1, 0.15) is 0 Å². The molecule has 2 heteroatoms. The molecule has 1 atom stereocenters. The summed E-state index contributed by atoms with van der Waals surface area (Å²) in [5.41, 5.74) is 1.34. The number of hydrogen-bond acceptors (Lipinski definition) is 2. The van der Waals surface area contributed by atoms with E-state index >= 15 is 0 Å². The molecule has 0 aromatic heterocycles. The van der Waals surface area contributed by atoms with Crippen molar-refractivity contribution in [1.29, 1.82) is 0 Å². The van der Waals surface area contributed by atoms with E-state index in [4.69, 9.17) is 4.74 Å². The number of hydrogen-bond donors (Lipinski definition) is 1. The van der Waals surface area contributed by atoms with E-state index in [-0.39, 0.29) is 0 Å². The summed E-state index contributed by atoms with van der Waals surface area (Å²) in [5.74, 6) is 0. The highest BCUT2D eigenvalue weighted by Gasteiger charge is 2.11. The van der Waals surface area contributed by atoms with Crippen LogP contribution in [-0.2, 0) is 4.74 Å². The van der Waals surface area contributed by atoms with Gasteiger partial charge in [0.15, 0.2) is 0 Å². The molecule has 0 aliphatic heterocycles. The number of benzene rings is 1. The summed E-state index contributed by atoms with van der Waals surface area (Å²) < 4.78 is 5.14. The quantitative estimate of drug-likeness (QED) is 0.774. The van der Waals surface area contributed by atoms with Crippen LogP contribution in [0.15, 0.2) is 30.3 Å². The standard InChI is InChI=1S/C13H21NO/c1-11(2)14-13(9-10-15-3)12-7-5-4-6-8-12/h4-8,11,13-14H,9-10H2,1-3H3/t13-/m0/s1. The lowest BCUT2D eigenvalue weighted by Gasteiger charge is -2.21. The predicted molar refractivity (Wildman–Crippen MR) is 63.9 cm³/mol. The van der Waals surface area contributed by atoms with Crippen molar-refractivity contribution in [1.82, 2.24) is 5.32 Å². The highest BCUT2D eigenvalue weighted by Crippen LogP contribution is 2.16. The molecule has 1 aromatic carbocycles. The molecule has 0 aliphatic carbocycles. The van der Waals surface area contributed by atoms with Gasteiger partial charge in [-0.3, -0.25) is 0 Å². The van der Waals surface area contributed by atoms with Gasteiger partial charge in [0.2, 0.25) is 0 Å².